The van der Waals surface area contributed by atoms with E-state index in [9.17, 15) is 0 Å². The summed E-state index contributed by atoms with van der Waals surface area (Å²) in [6, 6.07) is 9.30. The zero-order chi connectivity index (χ0) is 13.8. The predicted molar refractivity (Wildman–Crippen MR) is 81.8 cm³/mol. The number of rotatable bonds is 4. The Morgan fingerprint density at radius 3 is 2.42 bits per heavy atom. The molecule has 0 saturated heterocycles. The summed E-state index contributed by atoms with van der Waals surface area (Å²) in [6.45, 7) is 6.46. The summed E-state index contributed by atoms with van der Waals surface area (Å²) < 4.78 is 0. The third-order valence-corrected chi connectivity index (χ3v) is 4.95. The van der Waals surface area contributed by atoms with Gasteiger partial charge in [0.05, 0.1) is 0 Å². The zero-order valence-corrected chi connectivity index (χ0v) is 12.6. The summed E-state index contributed by atoms with van der Waals surface area (Å²) >= 11 is 0. The van der Waals surface area contributed by atoms with E-state index in [1.165, 1.54) is 30.4 Å². The van der Waals surface area contributed by atoms with Crippen LogP contribution in [0.5, 0.6) is 0 Å². The van der Waals surface area contributed by atoms with Gasteiger partial charge in [0.1, 0.15) is 0 Å². The van der Waals surface area contributed by atoms with Crippen molar-refractivity contribution >= 4 is 0 Å². The van der Waals surface area contributed by atoms with Gasteiger partial charge < -0.3 is 5.73 Å². The molecule has 0 aromatic heterocycles. The van der Waals surface area contributed by atoms with Gasteiger partial charge in [-0.2, -0.15) is 0 Å². The SMILES string of the molecule is CC1CCC(N(C)Cc2ccccc2CN)CC1C. The average Bonchev–Trinajstić information content (AvgIpc) is 2.42. The molecule has 2 N–H and O–H groups in total. The van der Waals surface area contributed by atoms with E-state index in [0.717, 1.165) is 24.4 Å². The molecule has 19 heavy (non-hydrogen) atoms. The highest BCUT2D eigenvalue weighted by Crippen LogP contribution is 2.32. The molecule has 1 fully saturated rings. The van der Waals surface area contributed by atoms with Gasteiger partial charge in [0, 0.05) is 19.1 Å². The molecular formula is C17H28N2. The Bertz CT molecular complexity index is 402. The normalized spacial score (nSPS) is 27.7. The van der Waals surface area contributed by atoms with Gasteiger partial charge in [-0.05, 0) is 49.3 Å². The van der Waals surface area contributed by atoms with Gasteiger partial charge in [-0.25, -0.2) is 0 Å². The highest BCUT2D eigenvalue weighted by molar-refractivity contribution is 5.26. The van der Waals surface area contributed by atoms with Crippen molar-refractivity contribution in [2.24, 2.45) is 17.6 Å². The van der Waals surface area contributed by atoms with Crippen molar-refractivity contribution in [2.45, 2.75) is 52.2 Å². The summed E-state index contributed by atoms with van der Waals surface area (Å²) in [7, 11) is 2.26. The molecule has 1 aliphatic carbocycles. The van der Waals surface area contributed by atoms with E-state index in [0.29, 0.717) is 6.54 Å². The largest absolute Gasteiger partial charge is 0.326 e. The minimum atomic E-state index is 0.641. The molecule has 3 unspecified atom stereocenters. The highest BCUT2D eigenvalue weighted by atomic mass is 15.1. The minimum Gasteiger partial charge on any atom is -0.326 e. The highest BCUT2D eigenvalue weighted by Gasteiger charge is 2.27. The monoisotopic (exact) mass is 260 g/mol. The van der Waals surface area contributed by atoms with E-state index in [1.54, 1.807) is 0 Å². The second-order valence-electron chi connectivity index (χ2n) is 6.31. The Kier molecular flexibility index (Phi) is 5.00. The molecule has 0 aliphatic heterocycles. The lowest BCUT2D eigenvalue weighted by molar-refractivity contribution is 0.126. The second-order valence-corrected chi connectivity index (χ2v) is 6.31. The van der Waals surface area contributed by atoms with Crippen molar-refractivity contribution < 1.29 is 0 Å². The Labute approximate surface area is 118 Å². The first-order valence-corrected chi connectivity index (χ1v) is 7.59. The Morgan fingerprint density at radius 2 is 1.79 bits per heavy atom. The predicted octanol–water partition coefficient (Wildman–Crippen LogP) is 3.40. The maximum absolute atomic E-state index is 5.83. The lowest BCUT2D eigenvalue weighted by Gasteiger charge is -2.37. The van der Waals surface area contributed by atoms with Crippen LogP contribution >= 0.6 is 0 Å². The lowest BCUT2D eigenvalue weighted by Crippen LogP contribution is -2.37. The van der Waals surface area contributed by atoms with Crippen molar-refractivity contribution in [2.75, 3.05) is 7.05 Å². The molecular weight excluding hydrogens is 232 g/mol. The summed E-state index contributed by atoms with van der Waals surface area (Å²) in [5, 5.41) is 0. The molecule has 0 heterocycles. The molecule has 2 nitrogen and oxygen atoms in total. The van der Waals surface area contributed by atoms with Crippen LogP contribution in [0.25, 0.3) is 0 Å². The summed E-state index contributed by atoms with van der Waals surface area (Å²) in [5.74, 6) is 1.74. The third kappa shape index (κ3) is 3.58. The molecule has 0 bridgehead atoms. The van der Waals surface area contributed by atoms with Crippen molar-refractivity contribution in [3.8, 4) is 0 Å². The Morgan fingerprint density at radius 1 is 1.11 bits per heavy atom. The smallest absolute Gasteiger partial charge is 0.0236 e. The average molecular weight is 260 g/mol. The maximum atomic E-state index is 5.83. The van der Waals surface area contributed by atoms with Crippen LogP contribution in [-0.4, -0.2) is 18.0 Å². The number of nitrogens with zero attached hydrogens (tertiary/aromatic N) is 1. The van der Waals surface area contributed by atoms with E-state index in [-0.39, 0.29) is 0 Å². The van der Waals surface area contributed by atoms with Crippen LogP contribution in [0.1, 0.15) is 44.2 Å². The van der Waals surface area contributed by atoms with Gasteiger partial charge in [-0.3, -0.25) is 4.90 Å². The quantitative estimate of drug-likeness (QED) is 0.899. The summed E-state index contributed by atoms with van der Waals surface area (Å²) in [4.78, 5) is 2.52. The van der Waals surface area contributed by atoms with Crippen LogP contribution in [0.4, 0.5) is 0 Å². The molecule has 3 atom stereocenters. The molecule has 1 saturated carbocycles. The molecule has 0 spiro atoms. The fraction of sp³-hybridized carbons (Fsp3) is 0.647. The number of benzene rings is 1. The standard InChI is InChI=1S/C17H28N2/c1-13-8-9-17(10-14(13)2)19(3)12-16-7-5-4-6-15(16)11-18/h4-7,13-14,17H,8-12,18H2,1-3H3. The topological polar surface area (TPSA) is 29.3 Å². The molecule has 2 rings (SSSR count). The summed E-state index contributed by atoms with van der Waals surface area (Å²) in [6.07, 6.45) is 4.05. The molecule has 0 amide bonds. The van der Waals surface area contributed by atoms with Crippen LogP contribution < -0.4 is 5.73 Å². The van der Waals surface area contributed by atoms with Crippen LogP contribution in [0.3, 0.4) is 0 Å². The van der Waals surface area contributed by atoms with Crippen LogP contribution in [-0.2, 0) is 13.1 Å². The van der Waals surface area contributed by atoms with E-state index in [4.69, 9.17) is 5.73 Å². The van der Waals surface area contributed by atoms with Crippen molar-refractivity contribution in [3.05, 3.63) is 35.4 Å². The van der Waals surface area contributed by atoms with Crippen LogP contribution in [0.2, 0.25) is 0 Å². The fourth-order valence-electron chi connectivity index (χ4n) is 3.23. The summed E-state index contributed by atoms with van der Waals surface area (Å²) in [5.41, 5.74) is 8.50. The minimum absolute atomic E-state index is 0.641. The molecule has 1 aliphatic rings. The maximum Gasteiger partial charge on any atom is 0.0236 e. The van der Waals surface area contributed by atoms with E-state index < -0.39 is 0 Å². The van der Waals surface area contributed by atoms with Gasteiger partial charge in [0.2, 0.25) is 0 Å². The van der Waals surface area contributed by atoms with E-state index in [2.05, 4.69) is 50.1 Å². The molecule has 1 aromatic carbocycles. The van der Waals surface area contributed by atoms with Gasteiger partial charge in [0.15, 0.2) is 0 Å². The first-order chi connectivity index (χ1) is 9.11. The zero-order valence-electron chi connectivity index (χ0n) is 12.6. The molecule has 1 aromatic rings. The first kappa shape index (κ1) is 14.5. The molecule has 2 heteroatoms. The van der Waals surface area contributed by atoms with E-state index >= 15 is 0 Å². The first-order valence-electron chi connectivity index (χ1n) is 7.59. The van der Waals surface area contributed by atoms with Gasteiger partial charge in [-0.1, -0.05) is 38.1 Å². The van der Waals surface area contributed by atoms with Crippen LogP contribution in [0, 0.1) is 11.8 Å². The van der Waals surface area contributed by atoms with E-state index in [1.807, 2.05) is 0 Å². The Hall–Kier alpha value is -0.860. The molecule has 106 valence electrons. The Balaban J connectivity index is 1.99. The number of nitrogens with two attached hydrogens (primary N) is 1. The second kappa shape index (κ2) is 6.53. The number of hydrogen-bond donors (Lipinski definition) is 1. The fourth-order valence-corrected chi connectivity index (χ4v) is 3.23. The van der Waals surface area contributed by atoms with Gasteiger partial charge in [0.25, 0.3) is 0 Å². The van der Waals surface area contributed by atoms with Crippen molar-refractivity contribution in [3.63, 3.8) is 0 Å². The third-order valence-electron chi connectivity index (χ3n) is 4.95. The van der Waals surface area contributed by atoms with Crippen molar-refractivity contribution in [1.29, 1.82) is 0 Å². The number of hydrogen-bond acceptors (Lipinski definition) is 2. The van der Waals surface area contributed by atoms with Crippen LogP contribution in [0.15, 0.2) is 24.3 Å². The lowest BCUT2D eigenvalue weighted by atomic mass is 9.78. The van der Waals surface area contributed by atoms with Crippen molar-refractivity contribution in [1.82, 2.24) is 4.90 Å². The molecule has 0 radical (unpaired) electrons. The van der Waals surface area contributed by atoms with Gasteiger partial charge >= 0.3 is 0 Å². The van der Waals surface area contributed by atoms with Gasteiger partial charge in [-0.15, -0.1) is 0 Å².